The zero-order valence-electron chi connectivity index (χ0n) is 18.1. The average molecular weight is 453 g/mol. The molecule has 0 radical (unpaired) electrons. The SMILES string of the molecule is O=C(Nc1ccc(C(=O)N2CCNCC2c2ccc(Cl)cc2)c(N2CCCC2)c1)C1CC1. The Morgan fingerprint density at radius 2 is 1.75 bits per heavy atom. The van der Waals surface area contributed by atoms with Crippen molar-refractivity contribution in [3.63, 3.8) is 0 Å². The summed E-state index contributed by atoms with van der Waals surface area (Å²) < 4.78 is 0. The molecule has 2 heterocycles. The van der Waals surface area contributed by atoms with Crippen LogP contribution in [0.2, 0.25) is 5.02 Å². The first-order valence-corrected chi connectivity index (χ1v) is 11.9. The molecule has 0 spiro atoms. The molecule has 0 bridgehead atoms. The van der Waals surface area contributed by atoms with Crippen molar-refractivity contribution >= 4 is 34.8 Å². The first-order chi connectivity index (χ1) is 15.6. The molecular weight excluding hydrogens is 424 g/mol. The van der Waals surface area contributed by atoms with Gasteiger partial charge in [0.15, 0.2) is 0 Å². The predicted molar refractivity (Wildman–Crippen MR) is 127 cm³/mol. The van der Waals surface area contributed by atoms with Crippen molar-refractivity contribution < 1.29 is 9.59 Å². The van der Waals surface area contributed by atoms with Crippen LogP contribution < -0.4 is 15.5 Å². The van der Waals surface area contributed by atoms with Crippen LogP contribution in [0, 0.1) is 5.92 Å². The summed E-state index contributed by atoms with van der Waals surface area (Å²) in [5.74, 6) is 0.266. The second-order valence-corrected chi connectivity index (χ2v) is 9.40. The molecule has 1 unspecified atom stereocenters. The summed E-state index contributed by atoms with van der Waals surface area (Å²) in [6, 6.07) is 13.4. The molecule has 168 valence electrons. The Kier molecular flexibility index (Phi) is 6.07. The number of benzene rings is 2. The minimum Gasteiger partial charge on any atom is -0.371 e. The maximum absolute atomic E-state index is 13.8. The zero-order chi connectivity index (χ0) is 22.1. The van der Waals surface area contributed by atoms with E-state index >= 15 is 0 Å². The number of hydrogen-bond acceptors (Lipinski definition) is 4. The molecule has 3 fully saturated rings. The number of carbonyl (C=O) groups excluding carboxylic acids is 2. The largest absolute Gasteiger partial charge is 0.371 e. The molecule has 2 aliphatic heterocycles. The van der Waals surface area contributed by atoms with Crippen molar-refractivity contribution in [2.45, 2.75) is 31.7 Å². The van der Waals surface area contributed by atoms with Crippen LogP contribution in [0.3, 0.4) is 0 Å². The molecule has 32 heavy (non-hydrogen) atoms. The Morgan fingerprint density at radius 1 is 1.00 bits per heavy atom. The normalized spacial score (nSPS) is 21.0. The van der Waals surface area contributed by atoms with E-state index in [1.165, 1.54) is 0 Å². The fraction of sp³-hybridized carbons (Fsp3) is 0.440. The van der Waals surface area contributed by atoms with Gasteiger partial charge in [-0.05, 0) is 61.6 Å². The highest BCUT2D eigenvalue weighted by atomic mass is 35.5. The summed E-state index contributed by atoms with van der Waals surface area (Å²) in [5, 5.41) is 7.15. The molecule has 6 nitrogen and oxygen atoms in total. The van der Waals surface area contributed by atoms with Gasteiger partial charge in [-0.15, -0.1) is 0 Å². The number of piperazine rings is 1. The van der Waals surface area contributed by atoms with Crippen LogP contribution in [-0.2, 0) is 4.79 Å². The standard InChI is InChI=1S/C25H29ClN4O2/c26-19-7-5-17(6-8-19)23-16-27-11-14-30(23)25(32)21-10-9-20(28-24(31)18-3-4-18)15-22(21)29-12-1-2-13-29/h5-10,15,18,23,27H,1-4,11-14,16H2,(H,28,31). The van der Waals surface area contributed by atoms with Crippen LogP contribution >= 0.6 is 11.6 Å². The van der Waals surface area contributed by atoms with Gasteiger partial charge in [-0.1, -0.05) is 23.7 Å². The van der Waals surface area contributed by atoms with Gasteiger partial charge in [0.25, 0.3) is 5.91 Å². The predicted octanol–water partition coefficient (Wildman–Crippen LogP) is 4.08. The Morgan fingerprint density at radius 3 is 2.47 bits per heavy atom. The van der Waals surface area contributed by atoms with Gasteiger partial charge in [-0.2, -0.15) is 0 Å². The number of carbonyl (C=O) groups is 2. The zero-order valence-corrected chi connectivity index (χ0v) is 18.9. The van der Waals surface area contributed by atoms with E-state index in [9.17, 15) is 9.59 Å². The van der Waals surface area contributed by atoms with Crippen LogP contribution in [0.4, 0.5) is 11.4 Å². The van der Waals surface area contributed by atoms with Crippen molar-refractivity contribution in [3.05, 3.63) is 58.6 Å². The summed E-state index contributed by atoms with van der Waals surface area (Å²) in [7, 11) is 0. The topological polar surface area (TPSA) is 64.7 Å². The summed E-state index contributed by atoms with van der Waals surface area (Å²) in [4.78, 5) is 30.4. The molecular formula is C25H29ClN4O2. The quantitative estimate of drug-likeness (QED) is 0.717. The van der Waals surface area contributed by atoms with E-state index < -0.39 is 0 Å². The van der Waals surface area contributed by atoms with Gasteiger partial charge in [0.1, 0.15) is 0 Å². The van der Waals surface area contributed by atoms with E-state index in [-0.39, 0.29) is 23.8 Å². The number of hydrogen-bond donors (Lipinski definition) is 2. The van der Waals surface area contributed by atoms with Crippen molar-refractivity contribution in [2.75, 3.05) is 42.9 Å². The van der Waals surface area contributed by atoms with Crippen LogP contribution in [0.25, 0.3) is 0 Å². The highest BCUT2D eigenvalue weighted by Gasteiger charge is 2.32. The first-order valence-electron chi connectivity index (χ1n) is 11.6. The van der Waals surface area contributed by atoms with Crippen molar-refractivity contribution in [1.82, 2.24) is 10.2 Å². The van der Waals surface area contributed by atoms with E-state index in [0.29, 0.717) is 23.7 Å². The number of amides is 2. The lowest BCUT2D eigenvalue weighted by molar-refractivity contribution is -0.117. The molecule has 0 aromatic heterocycles. The van der Waals surface area contributed by atoms with E-state index in [2.05, 4.69) is 15.5 Å². The summed E-state index contributed by atoms with van der Waals surface area (Å²) >= 11 is 6.08. The number of rotatable bonds is 5. The molecule has 2 aromatic rings. The van der Waals surface area contributed by atoms with Crippen molar-refractivity contribution in [3.8, 4) is 0 Å². The third-order valence-corrected chi connectivity index (χ3v) is 6.90. The molecule has 2 amide bonds. The lowest BCUT2D eigenvalue weighted by atomic mass is 10.0. The highest BCUT2D eigenvalue weighted by molar-refractivity contribution is 6.30. The van der Waals surface area contributed by atoms with Crippen LogP contribution in [0.1, 0.15) is 47.6 Å². The van der Waals surface area contributed by atoms with Gasteiger partial charge in [0.2, 0.25) is 5.91 Å². The Labute approximate surface area is 193 Å². The summed E-state index contributed by atoms with van der Waals surface area (Å²) in [6.45, 7) is 3.99. The Balaban J connectivity index is 1.45. The molecule has 3 aliphatic rings. The van der Waals surface area contributed by atoms with Crippen LogP contribution in [-0.4, -0.2) is 49.4 Å². The Bertz CT molecular complexity index is 1000. The summed E-state index contributed by atoms with van der Waals surface area (Å²) in [5.41, 5.74) is 3.48. The fourth-order valence-electron chi connectivity index (χ4n) is 4.68. The molecule has 1 aliphatic carbocycles. The van der Waals surface area contributed by atoms with Gasteiger partial charge in [-0.25, -0.2) is 0 Å². The van der Waals surface area contributed by atoms with Gasteiger partial charge < -0.3 is 20.4 Å². The number of nitrogens with zero attached hydrogens (tertiary/aromatic N) is 2. The average Bonchev–Trinajstić information content (AvgIpc) is 3.53. The summed E-state index contributed by atoms with van der Waals surface area (Å²) in [6.07, 6.45) is 4.17. The minimum absolute atomic E-state index is 0.0356. The Hall–Kier alpha value is -2.57. The van der Waals surface area contributed by atoms with E-state index in [4.69, 9.17) is 11.6 Å². The maximum Gasteiger partial charge on any atom is 0.256 e. The van der Waals surface area contributed by atoms with Gasteiger partial charge in [-0.3, -0.25) is 9.59 Å². The molecule has 1 saturated carbocycles. The third-order valence-electron chi connectivity index (χ3n) is 6.65. The second-order valence-electron chi connectivity index (χ2n) is 8.96. The van der Waals surface area contributed by atoms with Gasteiger partial charge >= 0.3 is 0 Å². The monoisotopic (exact) mass is 452 g/mol. The van der Waals surface area contributed by atoms with Gasteiger partial charge in [0.05, 0.1) is 17.3 Å². The lowest BCUT2D eigenvalue weighted by Gasteiger charge is -2.37. The minimum atomic E-state index is -0.0470. The molecule has 2 aromatic carbocycles. The number of nitrogens with one attached hydrogen (secondary N) is 2. The van der Waals surface area contributed by atoms with Crippen molar-refractivity contribution in [2.24, 2.45) is 5.92 Å². The lowest BCUT2D eigenvalue weighted by Crippen LogP contribution is -2.49. The van der Waals surface area contributed by atoms with E-state index in [1.54, 1.807) is 0 Å². The third kappa shape index (κ3) is 4.48. The molecule has 2 saturated heterocycles. The molecule has 1 atom stereocenters. The van der Waals surface area contributed by atoms with E-state index in [0.717, 1.165) is 62.3 Å². The second kappa shape index (κ2) is 9.12. The van der Waals surface area contributed by atoms with Crippen LogP contribution in [0.15, 0.2) is 42.5 Å². The highest BCUT2D eigenvalue weighted by Crippen LogP contribution is 2.34. The molecule has 7 heteroatoms. The maximum atomic E-state index is 13.8. The number of anilines is 2. The number of halogens is 1. The van der Waals surface area contributed by atoms with Gasteiger partial charge in [0, 0.05) is 49.4 Å². The first kappa shape index (κ1) is 21.3. The fourth-order valence-corrected chi connectivity index (χ4v) is 4.81. The molecule has 5 rings (SSSR count). The smallest absolute Gasteiger partial charge is 0.256 e. The molecule has 2 N–H and O–H groups in total. The van der Waals surface area contributed by atoms with E-state index in [1.807, 2.05) is 47.4 Å². The van der Waals surface area contributed by atoms with Crippen LogP contribution in [0.5, 0.6) is 0 Å². The van der Waals surface area contributed by atoms with Crippen molar-refractivity contribution in [1.29, 1.82) is 0 Å².